The van der Waals surface area contributed by atoms with Gasteiger partial charge in [-0.05, 0) is 25.5 Å². The van der Waals surface area contributed by atoms with Crippen molar-refractivity contribution in [2.75, 3.05) is 13.1 Å². The lowest BCUT2D eigenvalue weighted by Crippen LogP contribution is -2.42. The standard InChI is InChI=1S/C21H24N6O2/c1-2-26-15-23-19-13-25(9-8-18(19)21(26)29)14-20(28)22-10-16-11-24-27(12-16)17-6-4-3-5-7-17/h3-7,11-12,15H,2,8-10,13-14H2,1H3,(H,22,28). The Bertz CT molecular complexity index is 1060. The molecule has 1 aliphatic heterocycles. The first kappa shape index (κ1) is 19.1. The monoisotopic (exact) mass is 392 g/mol. The molecule has 1 N–H and O–H groups in total. The average Bonchev–Trinajstić information content (AvgIpc) is 3.22. The minimum absolute atomic E-state index is 0.0389. The fraction of sp³-hybridized carbons (Fsp3) is 0.333. The number of benzene rings is 1. The molecule has 0 unspecified atom stereocenters. The van der Waals surface area contributed by atoms with Crippen molar-refractivity contribution in [1.82, 2.24) is 29.5 Å². The molecule has 150 valence electrons. The number of carbonyl (C=O) groups excluding carboxylic acids is 1. The highest BCUT2D eigenvalue weighted by molar-refractivity contribution is 5.78. The fourth-order valence-electron chi connectivity index (χ4n) is 3.51. The van der Waals surface area contributed by atoms with Crippen LogP contribution in [0.1, 0.15) is 23.7 Å². The third-order valence-electron chi connectivity index (χ3n) is 5.13. The molecule has 1 amide bonds. The summed E-state index contributed by atoms with van der Waals surface area (Å²) in [5.74, 6) is -0.0530. The highest BCUT2D eigenvalue weighted by atomic mass is 16.2. The SMILES string of the molecule is CCn1cnc2c(c1=O)CCN(CC(=O)NCc1cnn(-c3ccccc3)c1)C2. The first-order valence-electron chi connectivity index (χ1n) is 9.79. The van der Waals surface area contributed by atoms with Gasteiger partial charge in [-0.2, -0.15) is 5.10 Å². The van der Waals surface area contributed by atoms with Gasteiger partial charge in [-0.1, -0.05) is 18.2 Å². The Labute approximate surface area is 168 Å². The van der Waals surface area contributed by atoms with Gasteiger partial charge in [-0.15, -0.1) is 0 Å². The lowest BCUT2D eigenvalue weighted by atomic mass is 10.1. The van der Waals surface area contributed by atoms with E-state index >= 15 is 0 Å². The smallest absolute Gasteiger partial charge is 0.256 e. The molecule has 0 spiro atoms. The second kappa shape index (κ2) is 8.40. The van der Waals surface area contributed by atoms with Gasteiger partial charge in [0.2, 0.25) is 5.91 Å². The molecule has 3 heterocycles. The largest absolute Gasteiger partial charge is 0.351 e. The molecule has 4 rings (SSSR count). The highest BCUT2D eigenvalue weighted by Gasteiger charge is 2.22. The Balaban J connectivity index is 1.31. The van der Waals surface area contributed by atoms with E-state index in [9.17, 15) is 9.59 Å². The van der Waals surface area contributed by atoms with Crippen molar-refractivity contribution in [2.24, 2.45) is 0 Å². The van der Waals surface area contributed by atoms with E-state index in [1.807, 2.05) is 48.4 Å². The summed E-state index contributed by atoms with van der Waals surface area (Å²) >= 11 is 0. The van der Waals surface area contributed by atoms with Gasteiger partial charge in [0, 0.05) is 43.5 Å². The zero-order chi connectivity index (χ0) is 20.2. The van der Waals surface area contributed by atoms with E-state index in [1.165, 1.54) is 0 Å². The van der Waals surface area contributed by atoms with E-state index < -0.39 is 0 Å². The molecule has 0 saturated heterocycles. The van der Waals surface area contributed by atoms with Gasteiger partial charge in [-0.25, -0.2) is 9.67 Å². The number of rotatable bonds is 6. The summed E-state index contributed by atoms with van der Waals surface area (Å²) in [7, 11) is 0. The van der Waals surface area contributed by atoms with Crippen LogP contribution in [0.2, 0.25) is 0 Å². The Morgan fingerprint density at radius 3 is 2.86 bits per heavy atom. The number of fused-ring (bicyclic) bond motifs is 1. The van der Waals surface area contributed by atoms with Crippen LogP contribution in [0.3, 0.4) is 0 Å². The second-order valence-corrected chi connectivity index (χ2v) is 7.13. The van der Waals surface area contributed by atoms with Gasteiger partial charge >= 0.3 is 0 Å². The molecular formula is C21H24N6O2. The van der Waals surface area contributed by atoms with Crippen molar-refractivity contribution >= 4 is 5.91 Å². The lowest BCUT2D eigenvalue weighted by molar-refractivity contribution is -0.122. The topological polar surface area (TPSA) is 85.1 Å². The Morgan fingerprint density at radius 2 is 2.07 bits per heavy atom. The summed E-state index contributed by atoms with van der Waals surface area (Å²) in [5.41, 5.74) is 3.51. The number of hydrogen-bond donors (Lipinski definition) is 1. The first-order valence-corrected chi connectivity index (χ1v) is 9.79. The molecule has 0 bridgehead atoms. The molecular weight excluding hydrogens is 368 g/mol. The van der Waals surface area contributed by atoms with E-state index in [0.717, 1.165) is 22.5 Å². The van der Waals surface area contributed by atoms with Crippen LogP contribution in [-0.2, 0) is 30.8 Å². The summed E-state index contributed by atoms with van der Waals surface area (Å²) < 4.78 is 3.41. The van der Waals surface area contributed by atoms with Crippen LogP contribution < -0.4 is 10.9 Å². The van der Waals surface area contributed by atoms with Crippen molar-refractivity contribution < 1.29 is 4.79 Å². The lowest BCUT2D eigenvalue weighted by Gasteiger charge is -2.27. The van der Waals surface area contributed by atoms with Crippen molar-refractivity contribution in [2.45, 2.75) is 33.0 Å². The number of hydrogen-bond acceptors (Lipinski definition) is 5. The summed E-state index contributed by atoms with van der Waals surface area (Å²) in [6.07, 6.45) is 5.89. The van der Waals surface area contributed by atoms with Gasteiger partial charge in [0.1, 0.15) is 0 Å². The molecule has 0 aliphatic carbocycles. The van der Waals surface area contributed by atoms with Crippen molar-refractivity contribution in [1.29, 1.82) is 0 Å². The number of nitrogens with zero attached hydrogens (tertiary/aromatic N) is 5. The van der Waals surface area contributed by atoms with Crippen LogP contribution in [0.4, 0.5) is 0 Å². The van der Waals surface area contributed by atoms with Crippen molar-refractivity contribution in [3.8, 4) is 5.69 Å². The summed E-state index contributed by atoms with van der Waals surface area (Å²) in [5, 5.41) is 7.29. The number of carbonyl (C=O) groups is 1. The summed E-state index contributed by atoms with van der Waals surface area (Å²) in [6, 6.07) is 9.84. The number of para-hydroxylation sites is 1. The third kappa shape index (κ3) is 4.27. The van der Waals surface area contributed by atoms with Gasteiger partial charge < -0.3 is 5.32 Å². The molecule has 29 heavy (non-hydrogen) atoms. The number of aryl methyl sites for hydroxylation is 1. The maximum absolute atomic E-state index is 12.4. The Morgan fingerprint density at radius 1 is 1.24 bits per heavy atom. The van der Waals surface area contributed by atoms with Crippen LogP contribution in [0.15, 0.2) is 53.8 Å². The molecule has 3 aromatic rings. The minimum Gasteiger partial charge on any atom is -0.351 e. The van der Waals surface area contributed by atoms with E-state index in [0.29, 0.717) is 32.6 Å². The summed E-state index contributed by atoms with van der Waals surface area (Å²) in [6.45, 7) is 4.45. The highest BCUT2D eigenvalue weighted by Crippen LogP contribution is 2.13. The Hall–Kier alpha value is -3.26. The van der Waals surface area contributed by atoms with Crippen molar-refractivity contribution in [3.63, 3.8) is 0 Å². The van der Waals surface area contributed by atoms with Gasteiger partial charge in [-0.3, -0.25) is 19.1 Å². The van der Waals surface area contributed by atoms with Crippen LogP contribution >= 0.6 is 0 Å². The van der Waals surface area contributed by atoms with E-state index in [1.54, 1.807) is 21.8 Å². The molecule has 0 fully saturated rings. The predicted molar refractivity (Wildman–Crippen MR) is 109 cm³/mol. The van der Waals surface area contributed by atoms with E-state index in [-0.39, 0.29) is 18.0 Å². The van der Waals surface area contributed by atoms with Crippen LogP contribution in [0.25, 0.3) is 5.69 Å². The Kier molecular flexibility index (Phi) is 5.53. The zero-order valence-corrected chi connectivity index (χ0v) is 16.4. The molecule has 8 nitrogen and oxygen atoms in total. The molecule has 0 atom stereocenters. The van der Waals surface area contributed by atoms with E-state index in [2.05, 4.69) is 15.4 Å². The number of amides is 1. The van der Waals surface area contributed by atoms with Gasteiger partial charge in [0.15, 0.2) is 0 Å². The van der Waals surface area contributed by atoms with Crippen LogP contribution in [0.5, 0.6) is 0 Å². The molecule has 0 radical (unpaired) electrons. The van der Waals surface area contributed by atoms with Gasteiger partial charge in [0.25, 0.3) is 5.56 Å². The van der Waals surface area contributed by atoms with Crippen LogP contribution in [-0.4, -0.2) is 43.2 Å². The molecule has 8 heteroatoms. The molecule has 1 aliphatic rings. The quantitative estimate of drug-likeness (QED) is 0.680. The molecule has 1 aromatic carbocycles. The second-order valence-electron chi connectivity index (χ2n) is 7.13. The van der Waals surface area contributed by atoms with Gasteiger partial charge in [0.05, 0.1) is 30.5 Å². The third-order valence-corrected chi connectivity index (χ3v) is 5.13. The normalized spacial score (nSPS) is 13.8. The number of nitrogens with one attached hydrogen (secondary N) is 1. The minimum atomic E-state index is -0.0530. The van der Waals surface area contributed by atoms with Crippen LogP contribution in [0, 0.1) is 0 Å². The predicted octanol–water partition coefficient (Wildman–Crippen LogP) is 1.12. The van der Waals surface area contributed by atoms with E-state index in [4.69, 9.17) is 0 Å². The zero-order valence-electron chi connectivity index (χ0n) is 16.4. The first-order chi connectivity index (χ1) is 14.1. The maximum atomic E-state index is 12.4. The summed E-state index contributed by atoms with van der Waals surface area (Å²) in [4.78, 5) is 31.2. The average molecular weight is 392 g/mol. The number of aromatic nitrogens is 4. The molecule has 2 aromatic heterocycles. The fourth-order valence-corrected chi connectivity index (χ4v) is 3.51. The maximum Gasteiger partial charge on any atom is 0.256 e. The molecule has 0 saturated carbocycles. The van der Waals surface area contributed by atoms with Crippen molar-refractivity contribution in [3.05, 3.63) is 76.2 Å².